The van der Waals surface area contributed by atoms with Crippen molar-refractivity contribution in [2.24, 2.45) is 0 Å². The first-order chi connectivity index (χ1) is 9.34. The first-order valence-corrected chi connectivity index (χ1v) is 7.17. The van der Waals surface area contributed by atoms with Gasteiger partial charge in [0.25, 0.3) is 0 Å². The highest BCUT2D eigenvalue weighted by Gasteiger charge is 2.24. The highest BCUT2D eigenvalue weighted by atomic mass is 16.4. The smallest absolute Gasteiger partial charge is 0.348 e. The second kappa shape index (κ2) is 6.68. The number of hydrogen-bond donors (Lipinski definition) is 1. The second-order valence-corrected chi connectivity index (χ2v) is 5.26. The summed E-state index contributed by atoms with van der Waals surface area (Å²) in [5, 5.41) is 9.23. The molecule has 0 spiro atoms. The molecule has 1 heterocycles. The quantitative estimate of drug-likeness (QED) is 0.869. The Hall–Kier alpha value is -1.65. The van der Waals surface area contributed by atoms with Crippen molar-refractivity contribution in [1.29, 1.82) is 0 Å². The summed E-state index contributed by atoms with van der Waals surface area (Å²) < 4.78 is 1.67. The second-order valence-electron chi connectivity index (χ2n) is 5.26. The van der Waals surface area contributed by atoms with E-state index in [0.717, 1.165) is 25.0 Å². The van der Waals surface area contributed by atoms with Crippen LogP contribution in [0.25, 0.3) is 0 Å². The maximum absolute atomic E-state index is 12.2. The molecule has 0 aliphatic heterocycles. The minimum absolute atomic E-state index is 0.0837. The van der Waals surface area contributed by atoms with E-state index in [2.05, 4.69) is 11.9 Å². The van der Waals surface area contributed by atoms with Crippen molar-refractivity contribution in [2.45, 2.75) is 65.8 Å². The van der Waals surface area contributed by atoms with Gasteiger partial charge in [-0.2, -0.15) is 4.98 Å². The third-order valence-corrected chi connectivity index (χ3v) is 3.87. The summed E-state index contributed by atoms with van der Waals surface area (Å²) >= 11 is 0. The van der Waals surface area contributed by atoms with Crippen LogP contribution < -0.4 is 5.69 Å². The molecule has 0 saturated heterocycles. The summed E-state index contributed by atoms with van der Waals surface area (Å²) in [5.41, 5.74) is 1.64. The van der Waals surface area contributed by atoms with Crippen LogP contribution >= 0.6 is 0 Å². The number of aryl methyl sites for hydroxylation is 1. The van der Waals surface area contributed by atoms with E-state index in [1.165, 1.54) is 0 Å². The molecule has 2 atom stereocenters. The molecule has 0 amide bonds. The number of carboxylic acid groups (broad SMARTS) is 1. The molecule has 20 heavy (non-hydrogen) atoms. The van der Waals surface area contributed by atoms with Gasteiger partial charge in [-0.05, 0) is 33.6 Å². The number of nitrogens with zero attached hydrogens (tertiary/aromatic N) is 2. The van der Waals surface area contributed by atoms with Gasteiger partial charge in [0, 0.05) is 23.0 Å². The number of carbonyl (C=O) groups is 1. The Labute approximate surface area is 119 Å². The van der Waals surface area contributed by atoms with Crippen LogP contribution in [0.5, 0.6) is 0 Å². The minimum atomic E-state index is -0.897. The van der Waals surface area contributed by atoms with Gasteiger partial charge in [0.1, 0.15) is 0 Å². The van der Waals surface area contributed by atoms with E-state index in [9.17, 15) is 14.7 Å². The first kappa shape index (κ1) is 16.4. The van der Waals surface area contributed by atoms with Crippen LogP contribution in [0.4, 0.5) is 0 Å². The minimum Gasteiger partial charge on any atom is -0.481 e. The number of rotatable bonds is 6. The third kappa shape index (κ3) is 3.08. The van der Waals surface area contributed by atoms with Gasteiger partial charge in [0.2, 0.25) is 0 Å². The van der Waals surface area contributed by atoms with Gasteiger partial charge in [-0.15, -0.1) is 0 Å². The van der Waals surface area contributed by atoms with Crippen molar-refractivity contribution in [3.05, 3.63) is 27.4 Å². The molecule has 0 fully saturated rings. The molecule has 0 aliphatic rings. The lowest BCUT2D eigenvalue weighted by Gasteiger charge is -2.24. The van der Waals surface area contributed by atoms with Crippen molar-refractivity contribution < 1.29 is 9.90 Å². The van der Waals surface area contributed by atoms with Crippen molar-refractivity contribution in [3.8, 4) is 0 Å². The summed E-state index contributed by atoms with van der Waals surface area (Å²) in [6.45, 7) is 9.27. The Kier molecular flexibility index (Phi) is 5.48. The molecule has 5 nitrogen and oxygen atoms in total. The molecule has 112 valence electrons. The summed E-state index contributed by atoms with van der Waals surface area (Å²) in [5.74, 6) is -1.56. The van der Waals surface area contributed by atoms with Gasteiger partial charge < -0.3 is 5.11 Å². The molecule has 2 unspecified atom stereocenters. The lowest BCUT2D eigenvalue weighted by molar-refractivity contribution is -0.138. The highest BCUT2D eigenvalue weighted by Crippen LogP contribution is 2.25. The Bertz CT molecular complexity index is 549. The lowest BCUT2D eigenvalue weighted by atomic mass is 9.97. The molecule has 5 heteroatoms. The molecule has 1 rings (SSSR count). The van der Waals surface area contributed by atoms with Gasteiger partial charge in [-0.1, -0.05) is 20.3 Å². The Morgan fingerprint density at radius 1 is 1.35 bits per heavy atom. The summed E-state index contributed by atoms with van der Waals surface area (Å²) in [6, 6.07) is 0.0837. The van der Waals surface area contributed by atoms with E-state index < -0.39 is 11.9 Å². The maximum Gasteiger partial charge on any atom is 0.348 e. The molecular formula is C15H24N2O3. The Morgan fingerprint density at radius 2 is 1.95 bits per heavy atom. The molecule has 0 radical (unpaired) electrons. The topological polar surface area (TPSA) is 72.2 Å². The van der Waals surface area contributed by atoms with Crippen molar-refractivity contribution in [3.63, 3.8) is 0 Å². The Morgan fingerprint density at radius 3 is 2.40 bits per heavy atom. The van der Waals surface area contributed by atoms with Crippen LogP contribution in [0.3, 0.4) is 0 Å². The van der Waals surface area contributed by atoms with Crippen LogP contribution in [0.2, 0.25) is 0 Å². The zero-order valence-corrected chi connectivity index (χ0v) is 12.9. The fraction of sp³-hybridized carbons (Fsp3) is 0.667. The van der Waals surface area contributed by atoms with Crippen LogP contribution in [0.1, 0.15) is 68.9 Å². The molecular weight excluding hydrogens is 256 g/mol. The standard InChI is InChI=1S/C15H24N2O3/c1-6-8-12(7-2)17-11(5)13(9(3)14(18)19)10(4)16-15(17)20/h9,12H,6-8H2,1-5H3,(H,18,19). The van der Waals surface area contributed by atoms with Gasteiger partial charge >= 0.3 is 11.7 Å². The average Bonchev–Trinajstić information content (AvgIpc) is 2.36. The molecule has 1 N–H and O–H groups in total. The SMILES string of the molecule is CCCC(CC)n1c(C)c(C(C)C(=O)O)c(C)nc1=O. The number of hydrogen-bond acceptors (Lipinski definition) is 3. The van der Waals surface area contributed by atoms with E-state index in [0.29, 0.717) is 11.3 Å². The van der Waals surface area contributed by atoms with E-state index in [1.807, 2.05) is 13.8 Å². The summed E-state index contributed by atoms with van der Waals surface area (Å²) in [7, 11) is 0. The van der Waals surface area contributed by atoms with E-state index in [1.54, 1.807) is 18.4 Å². The summed E-state index contributed by atoms with van der Waals surface area (Å²) in [6.07, 6.45) is 2.70. The van der Waals surface area contributed by atoms with Gasteiger partial charge in [0.05, 0.1) is 5.92 Å². The van der Waals surface area contributed by atoms with Crippen molar-refractivity contribution in [2.75, 3.05) is 0 Å². The fourth-order valence-corrected chi connectivity index (χ4v) is 2.82. The van der Waals surface area contributed by atoms with Crippen molar-refractivity contribution >= 4 is 5.97 Å². The maximum atomic E-state index is 12.2. The van der Waals surface area contributed by atoms with Gasteiger partial charge in [0.15, 0.2) is 0 Å². The normalized spacial score (nSPS) is 14.1. The predicted octanol–water partition coefficient (Wildman–Crippen LogP) is 2.80. The van der Waals surface area contributed by atoms with Crippen LogP contribution in [-0.4, -0.2) is 20.6 Å². The lowest BCUT2D eigenvalue weighted by Crippen LogP contribution is -2.32. The van der Waals surface area contributed by atoms with Crippen molar-refractivity contribution in [1.82, 2.24) is 9.55 Å². The van der Waals surface area contributed by atoms with Gasteiger partial charge in [-0.25, -0.2) is 4.79 Å². The predicted molar refractivity (Wildman–Crippen MR) is 78.3 cm³/mol. The molecule has 0 bridgehead atoms. The highest BCUT2D eigenvalue weighted by molar-refractivity contribution is 5.76. The fourth-order valence-electron chi connectivity index (χ4n) is 2.82. The van der Waals surface area contributed by atoms with E-state index >= 15 is 0 Å². The Balaban J connectivity index is 3.50. The number of aromatic nitrogens is 2. The molecule has 0 saturated carbocycles. The van der Waals surface area contributed by atoms with Crippen LogP contribution in [0.15, 0.2) is 4.79 Å². The van der Waals surface area contributed by atoms with E-state index in [-0.39, 0.29) is 11.7 Å². The summed E-state index contributed by atoms with van der Waals surface area (Å²) in [4.78, 5) is 27.5. The van der Waals surface area contributed by atoms with E-state index in [4.69, 9.17) is 0 Å². The molecule has 0 aromatic carbocycles. The first-order valence-electron chi connectivity index (χ1n) is 7.17. The largest absolute Gasteiger partial charge is 0.481 e. The molecule has 1 aromatic rings. The number of carboxylic acids is 1. The van der Waals surface area contributed by atoms with Crippen LogP contribution in [0, 0.1) is 13.8 Å². The van der Waals surface area contributed by atoms with Crippen LogP contribution in [-0.2, 0) is 4.79 Å². The zero-order valence-electron chi connectivity index (χ0n) is 12.9. The monoisotopic (exact) mass is 280 g/mol. The third-order valence-electron chi connectivity index (χ3n) is 3.87. The number of aliphatic carboxylic acids is 1. The van der Waals surface area contributed by atoms with Gasteiger partial charge in [-0.3, -0.25) is 9.36 Å². The molecule has 1 aromatic heterocycles. The average molecular weight is 280 g/mol. The zero-order chi connectivity index (χ0) is 15.4. The molecule has 0 aliphatic carbocycles.